The fourth-order valence-electron chi connectivity index (χ4n) is 0.797. The van der Waals surface area contributed by atoms with E-state index in [1.54, 1.807) is 0 Å². The van der Waals surface area contributed by atoms with Crippen LogP contribution < -0.4 is 10.5 Å². The van der Waals surface area contributed by atoms with E-state index in [0.29, 0.717) is 15.9 Å². The summed E-state index contributed by atoms with van der Waals surface area (Å²) in [5.41, 5.74) is 5.64. The van der Waals surface area contributed by atoms with Crippen molar-refractivity contribution in [2.24, 2.45) is 0 Å². The van der Waals surface area contributed by atoms with Crippen LogP contribution in [0.3, 0.4) is 0 Å². The zero-order valence-corrected chi connectivity index (χ0v) is 9.28. The van der Waals surface area contributed by atoms with Gasteiger partial charge in [0, 0.05) is 0 Å². The fourth-order valence-corrected chi connectivity index (χ4v) is 1.62. The van der Waals surface area contributed by atoms with Crippen molar-refractivity contribution in [1.29, 1.82) is 5.26 Å². The van der Waals surface area contributed by atoms with Crippen molar-refractivity contribution in [3.63, 3.8) is 0 Å². The van der Waals surface area contributed by atoms with Gasteiger partial charge in [-0.1, -0.05) is 11.8 Å². The van der Waals surface area contributed by atoms with Crippen molar-refractivity contribution >= 4 is 29.3 Å². The van der Waals surface area contributed by atoms with Crippen LogP contribution in [-0.2, 0) is 0 Å². The van der Waals surface area contributed by atoms with Crippen LogP contribution in [0.15, 0.2) is 10.1 Å². The average Bonchev–Trinajstić information content (AvgIpc) is 2.20. The molecule has 2 N–H and O–H groups in total. The van der Waals surface area contributed by atoms with Crippen LogP contribution in [0.2, 0.25) is 0 Å². The highest BCUT2D eigenvalue weighted by atomic mass is 32.2. The summed E-state index contributed by atoms with van der Waals surface area (Å²) in [5.74, 6) is 0.612. The van der Waals surface area contributed by atoms with Crippen LogP contribution in [0.4, 0.5) is 5.82 Å². The molecule has 0 aliphatic heterocycles. The van der Waals surface area contributed by atoms with Crippen LogP contribution in [0.5, 0.6) is 5.88 Å². The number of hydrogen-bond acceptors (Lipinski definition) is 7. The van der Waals surface area contributed by atoms with Crippen molar-refractivity contribution in [2.45, 2.75) is 10.1 Å². The predicted octanol–water partition coefficient (Wildman–Crippen LogP) is 1.36. The van der Waals surface area contributed by atoms with Crippen LogP contribution in [0, 0.1) is 10.7 Å². The summed E-state index contributed by atoms with van der Waals surface area (Å²) in [4.78, 5) is 8.53. The number of anilines is 1. The van der Waals surface area contributed by atoms with Gasteiger partial charge in [-0.2, -0.15) is 10.2 Å². The van der Waals surface area contributed by atoms with Crippen LogP contribution in [0.25, 0.3) is 0 Å². The summed E-state index contributed by atoms with van der Waals surface area (Å²) < 4.78 is 5.00. The number of hydrogen-bond donors (Lipinski definition) is 1. The molecule has 0 unspecified atom stereocenters. The van der Waals surface area contributed by atoms with Gasteiger partial charge in [-0.3, -0.25) is 0 Å². The van der Waals surface area contributed by atoms with Crippen molar-refractivity contribution < 1.29 is 4.74 Å². The lowest BCUT2D eigenvalue weighted by molar-refractivity contribution is 0.382. The first-order chi connectivity index (χ1) is 6.72. The number of thioether (sulfide) groups is 2. The highest BCUT2D eigenvalue weighted by molar-refractivity contribution is 8.04. The molecule has 0 aliphatic rings. The van der Waals surface area contributed by atoms with E-state index in [0.717, 1.165) is 11.8 Å². The Hall–Kier alpha value is -1.13. The normalized spacial score (nSPS) is 9.50. The van der Waals surface area contributed by atoms with Gasteiger partial charge < -0.3 is 10.5 Å². The second-order valence-electron chi connectivity index (χ2n) is 2.13. The SMILES string of the molecule is COc1nc(SC)nc(N)c1SC#N. The quantitative estimate of drug-likeness (QED) is 0.475. The van der Waals surface area contributed by atoms with Crippen LogP contribution in [0.1, 0.15) is 0 Å². The lowest BCUT2D eigenvalue weighted by Crippen LogP contribution is -2.00. The standard InChI is InChI=1S/C7H8N4OS2/c1-12-6-4(14-3-8)5(9)10-7(11-6)13-2/h1-2H3,(H2,9,10,11). The second-order valence-corrected chi connectivity index (χ2v) is 3.70. The van der Waals surface area contributed by atoms with Crippen molar-refractivity contribution in [3.05, 3.63) is 0 Å². The Morgan fingerprint density at radius 1 is 1.50 bits per heavy atom. The molecule has 1 rings (SSSR count). The minimum Gasteiger partial charge on any atom is -0.480 e. The van der Waals surface area contributed by atoms with Gasteiger partial charge in [0.25, 0.3) is 0 Å². The van der Waals surface area contributed by atoms with E-state index < -0.39 is 0 Å². The Bertz CT molecular complexity index is 377. The van der Waals surface area contributed by atoms with Gasteiger partial charge in [0.2, 0.25) is 5.88 Å². The number of aromatic nitrogens is 2. The van der Waals surface area contributed by atoms with Gasteiger partial charge >= 0.3 is 0 Å². The number of thiocyanates is 1. The number of rotatable bonds is 3. The minimum atomic E-state index is 0.271. The molecule has 74 valence electrons. The van der Waals surface area contributed by atoms with Gasteiger partial charge in [0.05, 0.1) is 7.11 Å². The number of nitrogen functional groups attached to an aromatic ring is 1. The number of nitrogens with two attached hydrogens (primary N) is 1. The minimum absolute atomic E-state index is 0.271. The summed E-state index contributed by atoms with van der Waals surface area (Å²) in [6.45, 7) is 0. The average molecular weight is 228 g/mol. The van der Waals surface area contributed by atoms with Crippen LogP contribution in [-0.4, -0.2) is 23.3 Å². The van der Waals surface area contributed by atoms with Gasteiger partial charge in [-0.25, -0.2) is 4.98 Å². The smallest absolute Gasteiger partial charge is 0.234 e. The Balaban J connectivity index is 3.21. The van der Waals surface area contributed by atoms with E-state index in [-0.39, 0.29) is 5.82 Å². The first-order valence-corrected chi connectivity index (χ1v) is 5.58. The first kappa shape index (κ1) is 10.9. The first-order valence-electron chi connectivity index (χ1n) is 3.54. The molecule has 0 saturated heterocycles. The largest absolute Gasteiger partial charge is 0.480 e. The summed E-state index contributed by atoms with van der Waals surface area (Å²) in [6, 6.07) is 0. The molecule has 1 heterocycles. The summed E-state index contributed by atoms with van der Waals surface area (Å²) in [7, 11) is 1.48. The molecular formula is C7H8N4OS2. The number of nitrogens with zero attached hydrogens (tertiary/aromatic N) is 3. The number of ether oxygens (including phenoxy) is 1. The van der Waals surface area contributed by atoms with Crippen molar-refractivity contribution in [1.82, 2.24) is 9.97 Å². The molecule has 0 aromatic carbocycles. The number of nitriles is 1. The molecule has 0 aliphatic carbocycles. The molecule has 5 nitrogen and oxygen atoms in total. The predicted molar refractivity (Wildman–Crippen MR) is 56.2 cm³/mol. The Morgan fingerprint density at radius 3 is 2.71 bits per heavy atom. The van der Waals surface area contributed by atoms with E-state index in [2.05, 4.69) is 9.97 Å². The number of methoxy groups -OCH3 is 1. The molecule has 0 fully saturated rings. The van der Waals surface area contributed by atoms with E-state index in [4.69, 9.17) is 15.7 Å². The summed E-state index contributed by atoms with van der Waals surface area (Å²) >= 11 is 2.26. The summed E-state index contributed by atoms with van der Waals surface area (Å²) in [6.07, 6.45) is 1.84. The summed E-state index contributed by atoms with van der Waals surface area (Å²) in [5, 5.41) is 11.0. The highest BCUT2D eigenvalue weighted by Crippen LogP contribution is 2.32. The monoisotopic (exact) mass is 228 g/mol. The zero-order valence-electron chi connectivity index (χ0n) is 7.64. The fraction of sp³-hybridized carbons (Fsp3) is 0.286. The topological polar surface area (TPSA) is 84.8 Å². The molecule has 7 heteroatoms. The third-order valence-electron chi connectivity index (χ3n) is 1.36. The lowest BCUT2D eigenvalue weighted by atomic mass is 10.6. The Labute approximate surface area is 90.1 Å². The Morgan fingerprint density at radius 2 is 2.21 bits per heavy atom. The molecule has 1 aromatic heterocycles. The third kappa shape index (κ3) is 2.21. The van der Waals surface area contributed by atoms with E-state index >= 15 is 0 Å². The second kappa shape index (κ2) is 4.93. The lowest BCUT2D eigenvalue weighted by Gasteiger charge is -2.06. The molecule has 0 amide bonds. The van der Waals surface area contributed by atoms with Gasteiger partial charge in [-0.05, 0) is 18.0 Å². The molecule has 0 saturated carbocycles. The van der Waals surface area contributed by atoms with Gasteiger partial charge in [0.1, 0.15) is 16.1 Å². The maximum Gasteiger partial charge on any atom is 0.234 e. The van der Waals surface area contributed by atoms with E-state index in [1.165, 1.54) is 18.9 Å². The van der Waals surface area contributed by atoms with Gasteiger partial charge in [-0.15, -0.1) is 0 Å². The molecule has 0 atom stereocenters. The molecular weight excluding hydrogens is 220 g/mol. The maximum atomic E-state index is 8.53. The zero-order chi connectivity index (χ0) is 10.6. The van der Waals surface area contributed by atoms with Gasteiger partial charge in [0.15, 0.2) is 5.16 Å². The third-order valence-corrected chi connectivity index (χ3v) is 2.59. The van der Waals surface area contributed by atoms with Crippen molar-refractivity contribution in [3.8, 4) is 11.3 Å². The van der Waals surface area contributed by atoms with Crippen molar-refractivity contribution in [2.75, 3.05) is 19.1 Å². The molecule has 1 aromatic rings. The molecule has 0 radical (unpaired) electrons. The molecule has 0 spiro atoms. The van der Waals surface area contributed by atoms with E-state index in [1.807, 2.05) is 11.7 Å². The maximum absolute atomic E-state index is 8.53. The van der Waals surface area contributed by atoms with E-state index in [9.17, 15) is 0 Å². The highest BCUT2D eigenvalue weighted by Gasteiger charge is 2.13. The Kier molecular flexibility index (Phi) is 3.85. The molecule has 0 bridgehead atoms. The van der Waals surface area contributed by atoms with Crippen LogP contribution >= 0.6 is 23.5 Å². The molecule has 14 heavy (non-hydrogen) atoms.